The minimum Gasteiger partial charge on any atom is -0.371 e. The number of anilines is 1. The molecule has 4 nitrogen and oxygen atoms in total. The van der Waals surface area contributed by atoms with Crippen LogP contribution in [0.1, 0.15) is 53.1 Å². The molecule has 3 aromatic rings. The number of benzene rings is 2. The van der Waals surface area contributed by atoms with E-state index in [1.54, 1.807) is 6.20 Å². The fourth-order valence-electron chi connectivity index (χ4n) is 5.29. The van der Waals surface area contributed by atoms with Crippen molar-refractivity contribution in [3.05, 3.63) is 95.8 Å². The van der Waals surface area contributed by atoms with E-state index >= 15 is 0 Å². The number of carbonyl (C=O) groups excluding carboxylic acids is 1. The number of likely N-dealkylation sites (tertiary alicyclic amines) is 1. The number of amides is 1. The molecule has 5 rings (SSSR count). The summed E-state index contributed by atoms with van der Waals surface area (Å²) in [6, 6.07) is 23.4. The van der Waals surface area contributed by atoms with Crippen molar-refractivity contribution in [2.24, 2.45) is 0 Å². The summed E-state index contributed by atoms with van der Waals surface area (Å²) in [6.45, 7) is 2.84. The van der Waals surface area contributed by atoms with Gasteiger partial charge in [-0.25, -0.2) is 0 Å². The first kappa shape index (κ1) is 19.8. The van der Waals surface area contributed by atoms with Gasteiger partial charge in [0, 0.05) is 44.0 Å². The Kier molecular flexibility index (Phi) is 5.70. The molecule has 2 aromatic carbocycles. The van der Waals surface area contributed by atoms with Crippen LogP contribution in [0.15, 0.2) is 79.1 Å². The maximum absolute atomic E-state index is 13.9. The van der Waals surface area contributed by atoms with Crippen LogP contribution in [0.4, 0.5) is 5.69 Å². The van der Waals surface area contributed by atoms with E-state index in [0.29, 0.717) is 0 Å². The topological polar surface area (TPSA) is 36.4 Å². The molecular weight excluding hydrogens is 382 g/mol. The van der Waals surface area contributed by atoms with E-state index < -0.39 is 0 Å². The van der Waals surface area contributed by atoms with Crippen molar-refractivity contribution in [1.82, 2.24) is 9.88 Å². The third-order valence-corrected chi connectivity index (χ3v) is 6.74. The van der Waals surface area contributed by atoms with Crippen molar-refractivity contribution in [1.29, 1.82) is 0 Å². The number of aromatic nitrogens is 1. The molecule has 1 aromatic heterocycles. The predicted octanol–water partition coefficient (Wildman–Crippen LogP) is 5.12. The Hall–Kier alpha value is -3.14. The maximum atomic E-state index is 13.9. The summed E-state index contributed by atoms with van der Waals surface area (Å²) < 4.78 is 0. The van der Waals surface area contributed by atoms with Crippen molar-refractivity contribution < 1.29 is 4.79 Å². The van der Waals surface area contributed by atoms with Gasteiger partial charge in [0.25, 0.3) is 5.91 Å². The molecule has 4 heteroatoms. The molecule has 0 aliphatic carbocycles. The Labute approximate surface area is 184 Å². The van der Waals surface area contributed by atoms with Gasteiger partial charge in [-0.15, -0.1) is 0 Å². The minimum absolute atomic E-state index is 0.120. The van der Waals surface area contributed by atoms with Gasteiger partial charge < -0.3 is 9.80 Å². The van der Waals surface area contributed by atoms with E-state index in [2.05, 4.69) is 75.4 Å². The lowest BCUT2D eigenvalue weighted by Gasteiger charge is -2.33. The molecule has 2 fully saturated rings. The highest BCUT2D eigenvalue weighted by Crippen LogP contribution is 2.38. The zero-order valence-electron chi connectivity index (χ0n) is 17.9. The molecule has 0 radical (unpaired) electrons. The van der Waals surface area contributed by atoms with Gasteiger partial charge in [-0.1, -0.05) is 60.7 Å². The van der Waals surface area contributed by atoms with Crippen molar-refractivity contribution in [2.75, 3.05) is 24.5 Å². The van der Waals surface area contributed by atoms with Crippen LogP contribution in [0.25, 0.3) is 0 Å². The number of pyridine rings is 1. The fraction of sp³-hybridized carbons (Fsp3) is 0.333. The molecule has 0 N–H and O–H groups in total. The Morgan fingerprint density at radius 3 is 2.13 bits per heavy atom. The van der Waals surface area contributed by atoms with Gasteiger partial charge in [0.2, 0.25) is 0 Å². The molecule has 1 amide bonds. The molecule has 0 saturated carbocycles. The molecule has 0 bridgehead atoms. The van der Waals surface area contributed by atoms with Crippen molar-refractivity contribution in [3.63, 3.8) is 0 Å². The monoisotopic (exact) mass is 411 g/mol. The lowest BCUT2D eigenvalue weighted by atomic mass is 9.83. The fourth-order valence-corrected chi connectivity index (χ4v) is 5.29. The van der Waals surface area contributed by atoms with Crippen LogP contribution >= 0.6 is 0 Å². The summed E-state index contributed by atoms with van der Waals surface area (Å²) in [4.78, 5) is 22.6. The van der Waals surface area contributed by atoms with E-state index in [4.69, 9.17) is 0 Å². The lowest BCUT2D eigenvalue weighted by molar-refractivity contribution is 0.0725. The summed E-state index contributed by atoms with van der Waals surface area (Å²) in [5.41, 5.74) is 4.32. The second-order valence-electron chi connectivity index (χ2n) is 8.59. The molecule has 0 spiro atoms. The van der Waals surface area contributed by atoms with E-state index in [9.17, 15) is 4.79 Å². The van der Waals surface area contributed by atoms with Crippen LogP contribution in [0.3, 0.4) is 0 Å². The average molecular weight is 412 g/mol. The standard InChI is InChI=1S/C27H29N3O/c31-27(23-20-28-16-15-24(23)29-17-7-8-18-29)30-19-9-14-25(30)26(21-10-3-1-4-11-21)22-12-5-2-6-13-22/h1-6,10-13,15-16,20,25-26H,7-9,14,17-19H2/t25-/m0/s1. The van der Waals surface area contributed by atoms with E-state index in [-0.39, 0.29) is 17.9 Å². The Bertz CT molecular complexity index is 975. The molecule has 1 atom stereocenters. The number of carbonyl (C=O) groups is 1. The molecule has 2 aliphatic rings. The Morgan fingerprint density at radius 1 is 0.839 bits per heavy atom. The molecule has 0 unspecified atom stereocenters. The quantitative estimate of drug-likeness (QED) is 0.585. The first-order valence-corrected chi connectivity index (χ1v) is 11.4. The first-order valence-electron chi connectivity index (χ1n) is 11.4. The van der Waals surface area contributed by atoms with Gasteiger partial charge in [0.1, 0.15) is 0 Å². The Morgan fingerprint density at radius 2 is 1.48 bits per heavy atom. The van der Waals surface area contributed by atoms with Crippen molar-refractivity contribution in [3.8, 4) is 0 Å². The molecule has 2 aliphatic heterocycles. The van der Waals surface area contributed by atoms with Crippen molar-refractivity contribution in [2.45, 2.75) is 37.6 Å². The number of nitrogens with zero attached hydrogens (tertiary/aromatic N) is 3. The normalized spacial score (nSPS) is 18.7. The SMILES string of the molecule is O=C(c1cnccc1N1CCCC1)N1CCC[C@H]1C(c1ccccc1)c1ccccc1. The molecular formula is C27H29N3O. The molecule has 158 valence electrons. The van der Waals surface area contributed by atoms with Crippen LogP contribution in [0, 0.1) is 0 Å². The summed E-state index contributed by atoms with van der Waals surface area (Å²) >= 11 is 0. The van der Waals surface area contributed by atoms with E-state index in [1.807, 2.05) is 12.3 Å². The van der Waals surface area contributed by atoms with E-state index in [0.717, 1.165) is 43.7 Å². The summed E-state index contributed by atoms with van der Waals surface area (Å²) in [7, 11) is 0. The lowest BCUT2D eigenvalue weighted by Crippen LogP contribution is -2.40. The number of rotatable bonds is 5. The smallest absolute Gasteiger partial charge is 0.257 e. The average Bonchev–Trinajstić information content (AvgIpc) is 3.53. The van der Waals surface area contributed by atoms with Crippen LogP contribution in [-0.4, -0.2) is 41.5 Å². The number of hydrogen-bond donors (Lipinski definition) is 0. The molecule has 31 heavy (non-hydrogen) atoms. The van der Waals surface area contributed by atoms with Gasteiger partial charge in [0.05, 0.1) is 11.3 Å². The number of hydrogen-bond acceptors (Lipinski definition) is 3. The van der Waals surface area contributed by atoms with Gasteiger partial charge >= 0.3 is 0 Å². The zero-order valence-corrected chi connectivity index (χ0v) is 17.9. The maximum Gasteiger partial charge on any atom is 0.257 e. The van der Waals surface area contributed by atoms with Crippen LogP contribution < -0.4 is 4.90 Å². The Balaban J connectivity index is 1.51. The highest BCUT2D eigenvalue weighted by atomic mass is 16.2. The molecule has 2 saturated heterocycles. The minimum atomic E-state index is 0.120. The largest absolute Gasteiger partial charge is 0.371 e. The second-order valence-corrected chi connectivity index (χ2v) is 8.59. The highest BCUT2D eigenvalue weighted by Gasteiger charge is 2.37. The third-order valence-electron chi connectivity index (χ3n) is 6.74. The molecule has 3 heterocycles. The van der Waals surface area contributed by atoms with Crippen LogP contribution in [0.2, 0.25) is 0 Å². The van der Waals surface area contributed by atoms with Crippen LogP contribution in [0.5, 0.6) is 0 Å². The van der Waals surface area contributed by atoms with Gasteiger partial charge in [-0.3, -0.25) is 9.78 Å². The second kappa shape index (κ2) is 8.93. The zero-order chi connectivity index (χ0) is 21.0. The summed E-state index contributed by atoms with van der Waals surface area (Å²) in [5.74, 6) is 0.287. The summed E-state index contributed by atoms with van der Waals surface area (Å²) in [5, 5.41) is 0. The third kappa shape index (κ3) is 3.95. The first-order chi connectivity index (χ1) is 15.3. The van der Waals surface area contributed by atoms with Gasteiger partial charge in [0.15, 0.2) is 0 Å². The van der Waals surface area contributed by atoms with E-state index in [1.165, 1.54) is 24.0 Å². The van der Waals surface area contributed by atoms with Crippen LogP contribution in [-0.2, 0) is 0 Å². The predicted molar refractivity (Wildman–Crippen MR) is 124 cm³/mol. The highest BCUT2D eigenvalue weighted by molar-refractivity contribution is 6.00. The van der Waals surface area contributed by atoms with Gasteiger partial charge in [-0.05, 0) is 42.9 Å². The van der Waals surface area contributed by atoms with Crippen molar-refractivity contribution >= 4 is 11.6 Å². The van der Waals surface area contributed by atoms with Gasteiger partial charge in [-0.2, -0.15) is 0 Å². The summed E-state index contributed by atoms with van der Waals surface area (Å²) in [6.07, 6.45) is 8.00.